The van der Waals surface area contributed by atoms with Crippen LogP contribution in [0.2, 0.25) is 0 Å². The molecular formula is C20H21N3OS. The lowest BCUT2D eigenvalue weighted by atomic mass is 10.1. The monoisotopic (exact) mass is 351 g/mol. The van der Waals surface area contributed by atoms with Crippen LogP contribution in [-0.2, 0) is 6.42 Å². The van der Waals surface area contributed by atoms with Gasteiger partial charge in [0.25, 0.3) is 5.91 Å². The lowest BCUT2D eigenvalue weighted by Crippen LogP contribution is -2.12. The van der Waals surface area contributed by atoms with Crippen molar-refractivity contribution in [2.45, 2.75) is 26.2 Å². The Balaban J connectivity index is 1.60. The molecule has 0 atom stereocenters. The van der Waals surface area contributed by atoms with Gasteiger partial charge < -0.3 is 10.6 Å². The fourth-order valence-corrected chi connectivity index (χ4v) is 3.12. The molecule has 0 aliphatic heterocycles. The average molecular weight is 351 g/mol. The molecule has 0 saturated carbocycles. The van der Waals surface area contributed by atoms with Gasteiger partial charge in [0, 0.05) is 16.8 Å². The number of nitrogens with zero attached hydrogens (tertiary/aromatic N) is 1. The first-order chi connectivity index (χ1) is 12.2. The minimum atomic E-state index is -0.196. The lowest BCUT2D eigenvalue weighted by molar-refractivity contribution is 0.102. The summed E-state index contributed by atoms with van der Waals surface area (Å²) in [5.41, 5.74) is 3.45. The number of nitrogens with one attached hydrogen (secondary N) is 2. The fraction of sp³-hybridized carbons (Fsp3) is 0.200. The molecule has 5 heteroatoms. The van der Waals surface area contributed by atoms with Crippen LogP contribution in [0.5, 0.6) is 0 Å². The summed E-state index contributed by atoms with van der Waals surface area (Å²) in [6.45, 7) is 2.18. The zero-order chi connectivity index (χ0) is 17.5. The highest BCUT2D eigenvalue weighted by Gasteiger charge is 2.11. The SMILES string of the molecule is CCCCc1ccc(NC(=O)c2csc(Nc3ccccc3)n2)cc1. The van der Waals surface area contributed by atoms with E-state index in [0.717, 1.165) is 17.8 Å². The maximum atomic E-state index is 12.3. The third kappa shape index (κ3) is 4.90. The van der Waals surface area contributed by atoms with Gasteiger partial charge >= 0.3 is 0 Å². The number of carbonyl (C=O) groups excluding carboxylic acids is 1. The molecule has 1 aromatic heterocycles. The molecule has 0 aliphatic carbocycles. The molecular weight excluding hydrogens is 330 g/mol. The predicted octanol–water partition coefficient (Wildman–Crippen LogP) is 5.48. The van der Waals surface area contributed by atoms with Crippen LogP contribution in [-0.4, -0.2) is 10.9 Å². The fourth-order valence-electron chi connectivity index (χ4n) is 2.41. The molecule has 0 fully saturated rings. The topological polar surface area (TPSA) is 54.0 Å². The van der Waals surface area contributed by atoms with Crippen LogP contribution in [0.4, 0.5) is 16.5 Å². The summed E-state index contributed by atoms with van der Waals surface area (Å²) in [6, 6.07) is 17.8. The number of aromatic nitrogens is 1. The number of benzene rings is 2. The summed E-state index contributed by atoms with van der Waals surface area (Å²) in [7, 11) is 0. The van der Waals surface area contributed by atoms with E-state index < -0.39 is 0 Å². The molecule has 25 heavy (non-hydrogen) atoms. The number of hydrogen-bond acceptors (Lipinski definition) is 4. The summed E-state index contributed by atoms with van der Waals surface area (Å²) < 4.78 is 0. The van der Waals surface area contributed by atoms with Gasteiger partial charge in [0.15, 0.2) is 5.13 Å². The molecule has 0 radical (unpaired) electrons. The summed E-state index contributed by atoms with van der Waals surface area (Å²) in [6.07, 6.45) is 3.44. The lowest BCUT2D eigenvalue weighted by Gasteiger charge is -2.05. The van der Waals surface area contributed by atoms with Crippen LogP contribution in [0, 0.1) is 0 Å². The Labute approximate surface area is 151 Å². The number of carbonyl (C=O) groups is 1. The minimum Gasteiger partial charge on any atom is -0.332 e. The van der Waals surface area contributed by atoms with Crippen LogP contribution < -0.4 is 10.6 Å². The molecule has 0 spiro atoms. The van der Waals surface area contributed by atoms with Crippen molar-refractivity contribution in [3.63, 3.8) is 0 Å². The molecule has 1 amide bonds. The zero-order valence-electron chi connectivity index (χ0n) is 14.2. The van der Waals surface area contributed by atoms with E-state index in [9.17, 15) is 4.79 Å². The van der Waals surface area contributed by atoms with Crippen molar-refractivity contribution < 1.29 is 4.79 Å². The summed E-state index contributed by atoms with van der Waals surface area (Å²) in [4.78, 5) is 16.7. The maximum Gasteiger partial charge on any atom is 0.275 e. The molecule has 2 N–H and O–H groups in total. The van der Waals surface area contributed by atoms with Crippen LogP contribution in [0.25, 0.3) is 0 Å². The van der Waals surface area contributed by atoms with Crippen LogP contribution >= 0.6 is 11.3 Å². The molecule has 2 aromatic carbocycles. The molecule has 1 heterocycles. The summed E-state index contributed by atoms with van der Waals surface area (Å²) in [5, 5.41) is 8.55. The van der Waals surface area contributed by atoms with Gasteiger partial charge in [-0.05, 0) is 42.7 Å². The van der Waals surface area contributed by atoms with Crippen molar-refractivity contribution in [2.24, 2.45) is 0 Å². The van der Waals surface area contributed by atoms with Crippen molar-refractivity contribution in [2.75, 3.05) is 10.6 Å². The Kier molecular flexibility index (Phi) is 5.80. The molecule has 0 unspecified atom stereocenters. The van der Waals surface area contributed by atoms with Crippen molar-refractivity contribution in [3.8, 4) is 0 Å². The number of unbranched alkanes of at least 4 members (excludes halogenated alkanes) is 1. The summed E-state index contributed by atoms with van der Waals surface area (Å²) in [5.74, 6) is -0.196. The molecule has 0 aliphatic rings. The zero-order valence-corrected chi connectivity index (χ0v) is 15.0. The van der Waals surface area contributed by atoms with E-state index in [1.165, 1.54) is 29.7 Å². The van der Waals surface area contributed by atoms with E-state index in [-0.39, 0.29) is 5.91 Å². The van der Waals surface area contributed by atoms with Gasteiger partial charge in [-0.25, -0.2) is 4.98 Å². The Morgan fingerprint density at radius 1 is 1.04 bits per heavy atom. The van der Waals surface area contributed by atoms with Gasteiger partial charge in [-0.15, -0.1) is 11.3 Å². The Hall–Kier alpha value is -2.66. The van der Waals surface area contributed by atoms with Gasteiger partial charge in [-0.1, -0.05) is 43.7 Å². The highest BCUT2D eigenvalue weighted by Crippen LogP contribution is 2.21. The second-order valence-corrected chi connectivity index (χ2v) is 6.64. The Bertz CT molecular complexity index is 812. The van der Waals surface area contributed by atoms with E-state index in [0.29, 0.717) is 10.8 Å². The standard InChI is InChI=1S/C20H21N3OS/c1-2-3-7-15-10-12-17(13-11-15)21-19(24)18-14-25-20(23-18)22-16-8-5-4-6-9-16/h4-6,8-14H,2-3,7H2,1H3,(H,21,24)(H,22,23). The van der Waals surface area contributed by atoms with Gasteiger partial charge in [0.05, 0.1) is 0 Å². The van der Waals surface area contributed by atoms with Crippen molar-refractivity contribution in [1.29, 1.82) is 0 Å². The first kappa shape index (κ1) is 17.2. The Morgan fingerprint density at radius 3 is 2.52 bits per heavy atom. The van der Waals surface area contributed by atoms with Gasteiger partial charge in [0.1, 0.15) is 5.69 Å². The highest BCUT2D eigenvalue weighted by molar-refractivity contribution is 7.14. The van der Waals surface area contributed by atoms with E-state index in [4.69, 9.17) is 0 Å². The average Bonchev–Trinajstić information content (AvgIpc) is 3.11. The number of thiazole rings is 1. The molecule has 128 valence electrons. The smallest absolute Gasteiger partial charge is 0.275 e. The Morgan fingerprint density at radius 2 is 1.80 bits per heavy atom. The van der Waals surface area contributed by atoms with Crippen LogP contribution in [0.15, 0.2) is 60.0 Å². The van der Waals surface area contributed by atoms with Crippen LogP contribution in [0.1, 0.15) is 35.8 Å². The molecule has 0 saturated heterocycles. The maximum absolute atomic E-state index is 12.3. The van der Waals surface area contributed by atoms with E-state index in [1.807, 2.05) is 42.5 Å². The molecule has 0 bridgehead atoms. The van der Waals surface area contributed by atoms with Crippen LogP contribution in [0.3, 0.4) is 0 Å². The minimum absolute atomic E-state index is 0.196. The number of rotatable bonds is 7. The first-order valence-corrected chi connectivity index (χ1v) is 9.30. The summed E-state index contributed by atoms with van der Waals surface area (Å²) >= 11 is 1.41. The molecule has 3 rings (SSSR count). The number of hydrogen-bond donors (Lipinski definition) is 2. The van der Waals surface area contributed by atoms with Gasteiger partial charge in [-0.2, -0.15) is 0 Å². The van der Waals surface area contributed by atoms with E-state index >= 15 is 0 Å². The molecule has 4 nitrogen and oxygen atoms in total. The first-order valence-electron chi connectivity index (χ1n) is 8.42. The normalized spacial score (nSPS) is 10.4. The number of amides is 1. The van der Waals surface area contributed by atoms with E-state index in [1.54, 1.807) is 5.38 Å². The largest absolute Gasteiger partial charge is 0.332 e. The van der Waals surface area contributed by atoms with Crippen molar-refractivity contribution in [3.05, 3.63) is 71.2 Å². The van der Waals surface area contributed by atoms with Gasteiger partial charge in [-0.3, -0.25) is 4.79 Å². The third-order valence-electron chi connectivity index (χ3n) is 3.79. The second-order valence-electron chi connectivity index (χ2n) is 5.78. The number of aryl methyl sites for hydroxylation is 1. The third-order valence-corrected chi connectivity index (χ3v) is 4.55. The number of anilines is 3. The molecule has 3 aromatic rings. The highest BCUT2D eigenvalue weighted by atomic mass is 32.1. The van der Waals surface area contributed by atoms with Gasteiger partial charge in [0.2, 0.25) is 0 Å². The van der Waals surface area contributed by atoms with E-state index in [2.05, 4.69) is 34.7 Å². The predicted molar refractivity (Wildman–Crippen MR) is 105 cm³/mol. The quantitative estimate of drug-likeness (QED) is 0.592. The second kappa shape index (κ2) is 8.44. The van der Waals surface area contributed by atoms with Crippen molar-refractivity contribution in [1.82, 2.24) is 4.98 Å². The van der Waals surface area contributed by atoms with Crippen molar-refractivity contribution >= 4 is 33.8 Å². The number of para-hydroxylation sites is 1.